The molecule has 0 saturated carbocycles. The number of hydrogen-bond acceptors (Lipinski definition) is 4. The molecule has 1 heterocycles. The first-order chi connectivity index (χ1) is 9.19. The number of carbonyl (C=O) groups is 1. The van der Waals surface area contributed by atoms with Crippen molar-refractivity contribution in [3.8, 4) is 10.6 Å². The van der Waals surface area contributed by atoms with Crippen molar-refractivity contribution in [1.82, 2.24) is 10.3 Å². The minimum atomic E-state index is 0.0205. The van der Waals surface area contributed by atoms with Crippen LogP contribution in [0.1, 0.15) is 12.1 Å². The van der Waals surface area contributed by atoms with E-state index in [0.29, 0.717) is 13.0 Å². The Hall–Kier alpha value is -1.72. The Morgan fingerprint density at radius 2 is 2.05 bits per heavy atom. The second-order valence-corrected chi connectivity index (χ2v) is 5.13. The normalized spacial score (nSPS) is 10.4. The fourth-order valence-electron chi connectivity index (χ4n) is 1.64. The molecule has 1 aromatic heterocycles. The van der Waals surface area contributed by atoms with Gasteiger partial charge in [0.25, 0.3) is 0 Å². The van der Waals surface area contributed by atoms with E-state index in [1.54, 1.807) is 11.3 Å². The van der Waals surface area contributed by atoms with E-state index in [9.17, 15) is 4.79 Å². The molecule has 1 amide bonds. The van der Waals surface area contributed by atoms with Crippen molar-refractivity contribution in [3.63, 3.8) is 0 Å². The van der Waals surface area contributed by atoms with Gasteiger partial charge in [-0.2, -0.15) is 0 Å². The number of rotatable bonds is 5. The summed E-state index contributed by atoms with van der Waals surface area (Å²) in [5.74, 6) is 0.0205. The van der Waals surface area contributed by atoms with Gasteiger partial charge in [-0.05, 0) is 38.2 Å². The van der Waals surface area contributed by atoms with Crippen LogP contribution in [0.3, 0.4) is 0 Å². The van der Waals surface area contributed by atoms with Crippen LogP contribution in [0.5, 0.6) is 0 Å². The van der Waals surface area contributed by atoms with Gasteiger partial charge in [-0.25, -0.2) is 4.98 Å². The minimum absolute atomic E-state index is 0.0205. The third-order valence-corrected chi connectivity index (χ3v) is 3.65. The summed E-state index contributed by atoms with van der Waals surface area (Å²) in [6.45, 7) is 2.67. The molecular formula is C14H17N3OS. The van der Waals surface area contributed by atoms with Gasteiger partial charge in [0, 0.05) is 35.3 Å². The molecule has 0 spiro atoms. The summed E-state index contributed by atoms with van der Waals surface area (Å²) in [4.78, 5) is 16.0. The molecule has 2 rings (SSSR count). The van der Waals surface area contributed by atoms with Gasteiger partial charge in [0.15, 0.2) is 0 Å². The number of aromatic nitrogens is 1. The zero-order chi connectivity index (χ0) is 13.7. The van der Waals surface area contributed by atoms with Crippen LogP contribution >= 0.6 is 11.3 Å². The smallest absolute Gasteiger partial charge is 0.225 e. The van der Waals surface area contributed by atoms with E-state index in [4.69, 9.17) is 0 Å². The number of nitrogens with one attached hydrogen (secondary N) is 2. The molecule has 2 aromatic rings. The lowest BCUT2D eigenvalue weighted by atomic mass is 10.2. The van der Waals surface area contributed by atoms with Gasteiger partial charge in [-0.15, -0.1) is 11.3 Å². The Balaban J connectivity index is 2.00. The van der Waals surface area contributed by atoms with E-state index in [-0.39, 0.29) is 5.91 Å². The summed E-state index contributed by atoms with van der Waals surface area (Å²) in [6, 6.07) is 7.77. The standard InChI is InChI=1S/C14H17N3OS/c1-10-9-19-14(16-10)11-3-5-12(6-4-11)17-13(18)7-8-15-2/h3-6,9,15H,7-8H2,1-2H3,(H,17,18). The predicted octanol–water partition coefficient (Wildman–Crippen LogP) is 2.67. The van der Waals surface area contributed by atoms with E-state index in [2.05, 4.69) is 15.6 Å². The molecule has 5 heteroatoms. The fraction of sp³-hybridized carbons (Fsp3) is 0.286. The monoisotopic (exact) mass is 275 g/mol. The van der Waals surface area contributed by atoms with E-state index in [1.165, 1.54) is 0 Å². The topological polar surface area (TPSA) is 54.0 Å². The number of hydrogen-bond donors (Lipinski definition) is 2. The lowest BCUT2D eigenvalue weighted by molar-refractivity contribution is -0.116. The molecule has 1 aromatic carbocycles. The van der Waals surface area contributed by atoms with Gasteiger partial charge in [0.1, 0.15) is 5.01 Å². The van der Waals surface area contributed by atoms with Gasteiger partial charge >= 0.3 is 0 Å². The Morgan fingerprint density at radius 3 is 2.63 bits per heavy atom. The quantitative estimate of drug-likeness (QED) is 0.882. The molecule has 0 saturated heterocycles. The van der Waals surface area contributed by atoms with Crippen LogP contribution in [-0.2, 0) is 4.79 Å². The first kappa shape index (κ1) is 13.7. The first-order valence-electron chi connectivity index (χ1n) is 6.16. The van der Waals surface area contributed by atoms with Crippen LogP contribution < -0.4 is 10.6 Å². The highest BCUT2D eigenvalue weighted by Crippen LogP contribution is 2.24. The SMILES string of the molecule is CNCCC(=O)Nc1ccc(-c2nc(C)cs2)cc1. The molecule has 4 nitrogen and oxygen atoms in total. The molecular weight excluding hydrogens is 258 g/mol. The highest BCUT2D eigenvalue weighted by Gasteiger charge is 2.04. The van der Waals surface area contributed by atoms with E-state index >= 15 is 0 Å². The lowest BCUT2D eigenvalue weighted by Gasteiger charge is -2.05. The van der Waals surface area contributed by atoms with Crippen LogP contribution in [0.15, 0.2) is 29.6 Å². The highest BCUT2D eigenvalue weighted by molar-refractivity contribution is 7.13. The maximum absolute atomic E-state index is 11.6. The molecule has 0 bridgehead atoms. The molecule has 0 aliphatic rings. The van der Waals surface area contributed by atoms with Gasteiger partial charge in [-0.1, -0.05) is 0 Å². The summed E-state index contributed by atoms with van der Waals surface area (Å²) in [6.07, 6.45) is 0.476. The molecule has 0 aliphatic carbocycles. The summed E-state index contributed by atoms with van der Waals surface area (Å²) in [7, 11) is 1.83. The average Bonchev–Trinajstić information content (AvgIpc) is 2.84. The van der Waals surface area contributed by atoms with Crippen LogP contribution in [0.25, 0.3) is 10.6 Å². The fourth-order valence-corrected chi connectivity index (χ4v) is 2.45. The molecule has 0 aliphatic heterocycles. The molecule has 19 heavy (non-hydrogen) atoms. The van der Waals surface area contributed by atoms with Crippen molar-refractivity contribution < 1.29 is 4.79 Å². The summed E-state index contributed by atoms with van der Waals surface area (Å²) >= 11 is 1.63. The number of nitrogens with zero attached hydrogens (tertiary/aromatic N) is 1. The number of thiazole rings is 1. The van der Waals surface area contributed by atoms with Crippen molar-refractivity contribution in [3.05, 3.63) is 35.3 Å². The van der Waals surface area contributed by atoms with Gasteiger partial charge in [-0.3, -0.25) is 4.79 Å². The zero-order valence-corrected chi connectivity index (χ0v) is 11.9. The van der Waals surface area contributed by atoms with Crippen molar-refractivity contribution >= 4 is 22.9 Å². The second-order valence-electron chi connectivity index (χ2n) is 4.27. The van der Waals surface area contributed by atoms with Crippen molar-refractivity contribution in [2.75, 3.05) is 18.9 Å². The zero-order valence-electron chi connectivity index (χ0n) is 11.1. The first-order valence-corrected chi connectivity index (χ1v) is 7.04. The third-order valence-electron chi connectivity index (χ3n) is 2.64. The van der Waals surface area contributed by atoms with E-state index in [0.717, 1.165) is 22.0 Å². The van der Waals surface area contributed by atoms with Gasteiger partial charge in [0.2, 0.25) is 5.91 Å². The molecule has 2 N–H and O–H groups in total. The number of anilines is 1. The number of carbonyl (C=O) groups excluding carboxylic acids is 1. The van der Waals surface area contributed by atoms with Crippen molar-refractivity contribution in [2.24, 2.45) is 0 Å². The Morgan fingerprint density at radius 1 is 1.32 bits per heavy atom. The molecule has 0 fully saturated rings. The molecule has 0 unspecified atom stereocenters. The van der Waals surface area contributed by atoms with Gasteiger partial charge in [0.05, 0.1) is 0 Å². The number of benzene rings is 1. The summed E-state index contributed by atoms with van der Waals surface area (Å²) < 4.78 is 0. The number of amides is 1. The largest absolute Gasteiger partial charge is 0.326 e. The van der Waals surface area contributed by atoms with Crippen LogP contribution in [0.2, 0.25) is 0 Å². The second kappa shape index (κ2) is 6.45. The van der Waals surface area contributed by atoms with Crippen molar-refractivity contribution in [2.45, 2.75) is 13.3 Å². The predicted molar refractivity (Wildman–Crippen MR) is 79.5 cm³/mol. The Bertz CT molecular complexity index is 548. The van der Waals surface area contributed by atoms with Crippen LogP contribution in [0.4, 0.5) is 5.69 Å². The number of aryl methyl sites for hydroxylation is 1. The lowest BCUT2D eigenvalue weighted by Crippen LogP contribution is -2.18. The molecule has 0 radical (unpaired) electrons. The van der Waals surface area contributed by atoms with Gasteiger partial charge < -0.3 is 10.6 Å². The Labute approximate surface area is 116 Å². The third kappa shape index (κ3) is 3.87. The Kier molecular flexibility index (Phi) is 4.65. The minimum Gasteiger partial charge on any atom is -0.326 e. The van der Waals surface area contributed by atoms with Crippen LogP contribution in [-0.4, -0.2) is 24.5 Å². The highest BCUT2D eigenvalue weighted by atomic mass is 32.1. The molecule has 0 atom stereocenters. The average molecular weight is 275 g/mol. The van der Waals surface area contributed by atoms with Crippen molar-refractivity contribution in [1.29, 1.82) is 0 Å². The van der Waals surface area contributed by atoms with E-state index < -0.39 is 0 Å². The summed E-state index contributed by atoms with van der Waals surface area (Å²) in [5.41, 5.74) is 2.92. The summed E-state index contributed by atoms with van der Waals surface area (Å²) in [5, 5.41) is 8.85. The van der Waals surface area contributed by atoms with E-state index in [1.807, 2.05) is 43.6 Å². The maximum atomic E-state index is 11.6. The van der Waals surface area contributed by atoms with Crippen LogP contribution in [0, 0.1) is 6.92 Å². The molecule has 100 valence electrons. The maximum Gasteiger partial charge on any atom is 0.225 e.